The Morgan fingerprint density at radius 2 is 1.93 bits per heavy atom. The fraction of sp³-hybridized carbons (Fsp3) is 0.773. The van der Waals surface area contributed by atoms with Gasteiger partial charge >= 0.3 is 0 Å². The van der Waals surface area contributed by atoms with Gasteiger partial charge in [0.05, 0.1) is 19.0 Å². The van der Waals surface area contributed by atoms with Crippen molar-refractivity contribution < 1.29 is 39.8 Å². The van der Waals surface area contributed by atoms with Gasteiger partial charge < -0.3 is 35.0 Å². The molecule has 8 nitrogen and oxygen atoms in total. The average molecular weight is 427 g/mol. The van der Waals surface area contributed by atoms with E-state index < -0.39 is 48.8 Å². The highest BCUT2D eigenvalue weighted by Gasteiger charge is 2.56. The fourth-order valence-corrected chi connectivity index (χ4v) is 5.80. The summed E-state index contributed by atoms with van der Waals surface area (Å²) in [4.78, 5) is 12.4. The van der Waals surface area contributed by atoms with Gasteiger partial charge in [0, 0.05) is 12.3 Å². The highest BCUT2D eigenvalue weighted by molar-refractivity contribution is 5.84. The lowest BCUT2D eigenvalue weighted by Crippen LogP contribution is -2.58. The highest BCUT2D eigenvalue weighted by Crippen LogP contribution is 2.56. The second-order valence-corrected chi connectivity index (χ2v) is 9.35. The summed E-state index contributed by atoms with van der Waals surface area (Å²) in [6, 6.07) is 0. The number of ketones is 1. The number of Topliss-reactive ketones (excluding diaryl/α,β-unsaturated/α-hetero) is 1. The van der Waals surface area contributed by atoms with Gasteiger partial charge in [0.2, 0.25) is 6.29 Å². The van der Waals surface area contributed by atoms with E-state index in [1.807, 2.05) is 26.8 Å². The van der Waals surface area contributed by atoms with Gasteiger partial charge in [-0.15, -0.1) is 6.58 Å². The van der Waals surface area contributed by atoms with Crippen LogP contribution in [-0.2, 0) is 14.3 Å². The van der Waals surface area contributed by atoms with Crippen molar-refractivity contribution in [2.24, 2.45) is 29.1 Å². The van der Waals surface area contributed by atoms with Gasteiger partial charge in [0.1, 0.15) is 30.2 Å². The molecule has 0 radical (unpaired) electrons. The molecule has 3 rings (SSSR count). The van der Waals surface area contributed by atoms with E-state index in [0.29, 0.717) is 12.8 Å². The summed E-state index contributed by atoms with van der Waals surface area (Å²) in [5, 5.41) is 50.1. The van der Waals surface area contributed by atoms with Crippen molar-refractivity contribution in [2.45, 2.75) is 70.4 Å². The number of carbonyl (C=O) groups is 1. The fourth-order valence-electron chi connectivity index (χ4n) is 5.80. The molecular formula is C22H34O8. The number of hydrogen-bond donors (Lipinski definition) is 5. The Kier molecular flexibility index (Phi) is 6.77. The normalized spacial score (nSPS) is 49.6. The van der Waals surface area contributed by atoms with Crippen LogP contribution in [-0.4, -0.2) is 74.7 Å². The number of aliphatic hydroxyl groups excluding tert-OH is 5. The van der Waals surface area contributed by atoms with E-state index in [1.54, 1.807) is 0 Å². The standard InChI is InChI=1S/C22H34O8/c1-5-22(4)7-14(25)16-11(3)13(24)6-12(16)17(22)10(2)9-29-21-20(28)19(27)18(26)15(8-23)30-21/h5,9,11-12,14-21,23,25-28H,1,6-8H2,2-4H3/b10-9+/t11-,12+,14+,15-,16+,17-,18-,19+,20-,21-,22-/m1/s1. The molecule has 0 unspecified atom stereocenters. The van der Waals surface area contributed by atoms with Gasteiger partial charge in [-0.3, -0.25) is 4.79 Å². The van der Waals surface area contributed by atoms with Crippen LogP contribution < -0.4 is 0 Å². The predicted octanol–water partition coefficient (Wildman–Crippen LogP) is 0.121. The molecule has 170 valence electrons. The number of fused-ring (bicyclic) bond motifs is 1. The van der Waals surface area contributed by atoms with E-state index >= 15 is 0 Å². The maximum atomic E-state index is 12.4. The number of ether oxygens (including phenoxy) is 2. The first-order valence-electron chi connectivity index (χ1n) is 10.5. The first-order valence-corrected chi connectivity index (χ1v) is 10.5. The van der Waals surface area contributed by atoms with E-state index in [1.165, 1.54) is 6.26 Å². The highest BCUT2D eigenvalue weighted by atomic mass is 16.7. The van der Waals surface area contributed by atoms with Gasteiger partial charge in [0.25, 0.3) is 0 Å². The van der Waals surface area contributed by atoms with Crippen LogP contribution in [0, 0.1) is 29.1 Å². The molecule has 3 fully saturated rings. The lowest BCUT2D eigenvalue weighted by Gasteiger charge is -2.49. The van der Waals surface area contributed by atoms with Crippen LogP contribution >= 0.6 is 0 Å². The first kappa shape index (κ1) is 23.4. The molecule has 2 aliphatic carbocycles. The summed E-state index contributed by atoms with van der Waals surface area (Å²) >= 11 is 0. The molecule has 5 N–H and O–H groups in total. The minimum absolute atomic E-state index is 0.0612. The van der Waals surface area contributed by atoms with E-state index in [0.717, 1.165) is 5.57 Å². The second-order valence-electron chi connectivity index (χ2n) is 9.35. The van der Waals surface area contributed by atoms with Crippen molar-refractivity contribution in [1.29, 1.82) is 0 Å². The van der Waals surface area contributed by atoms with Crippen molar-refractivity contribution in [1.82, 2.24) is 0 Å². The molecule has 1 heterocycles. The largest absolute Gasteiger partial charge is 0.470 e. The first-order chi connectivity index (χ1) is 14.1. The van der Waals surface area contributed by atoms with E-state index in [9.17, 15) is 30.3 Å². The third kappa shape index (κ3) is 3.85. The number of allylic oxidation sites excluding steroid dienone is 2. The molecule has 0 aromatic heterocycles. The van der Waals surface area contributed by atoms with E-state index in [2.05, 4.69) is 6.58 Å². The minimum Gasteiger partial charge on any atom is -0.470 e. The van der Waals surface area contributed by atoms with Crippen molar-refractivity contribution in [3.63, 3.8) is 0 Å². The molecular weight excluding hydrogens is 392 g/mol. The monoisotopic (exact) mass is 426 g/mol. The van der Waals surface area contributed by atoms with Gasteiger partial charge in [-0.1, -0.05) is 19.9 Å². The summed E-state index contributed by atoms with van der Waals surface area (Å²) in [7, 11) is 0. The SMILES string of the molecule is C=C[C@]1(C)C[C@H](O)[C@@H]2[C@H](CC(=O)[C@H]2C)[C@H]1/C(C)=C/O[C@@H]1O[C@H](CO)[C@@H](O)[C@H](O)[C@H]1O. The molecule has 1 aliphatic heterocycles. The van der Waals surface area contributed by atoms with Crippen molar-refractivity contribution in [3.05, 3.63) is 24.5 Å². The Morgan fingerprint density at radius 3 is 2.53 bits per heavy atom. The summed E-state index contributed by atoms with van der Waals surface area (Å²) in [6.45, 7) is 9.15. The minimum atomic E-state index is -1.52. The van der Waals surface area contributed by atoms with Crippen LogP contribution in [0.15, 0.2) is 24.5 Å². The molecule has 2 saturated carbocycles. The zero-order valence-electron chi connectivity index (χ0n) is 17.7. The molecule has 0 aromatic rings. The molecule has 0 bridgehead atoms. The van der Waals surface area contributed by atoms with Crippen LogP contribution in [0.1, 0.15) is 33.6 Å². The maximum Gasteiger partial charge on any atom is 0.228 e. The average Bonchev–Trinajstić information content (AvgIpc) is 3.00. The Labute approximate surface area is 176 Å². The summed E-state index contributed by atoms with van der Waals surface area (Å²) in [5.41, 5.74) is 0.350. The number of rotatable bonds is 5. The third-order valence-corrected chi connectivity index (χ3v) is 7.44. The Balaban J connectivity index is 1.84. The molecule has 8 heteroatoms. The summed E-state index contributed by atoms with van der Waals surface area (Å²) in [5.74, 6) is -0.367. The van der Waals surface area contributed by atoms with Crippen LogP contribution in [0.5, 0.6) is 0 Å². The zero-order chi connectivity index (χ0) is 22.4. The van der Waals surface area contributed by atoms with Crippen molar-refractivity contribution >= 4 is 5.78 Å². The predicted molar refractivity (Wildman–Crippen MR) is 107 cm³/mol. The number of hydrogen-bond acceptors (Lipinski definition) is 8. The number of carbonyl (C=O) groups excluding carboxylic acids is 1. The molecule has 3 aliphatic rings. The van der Waals surface area contributed by atoms with E-state index in [4.69, 9.17) is 9.47 Å². The van der Waals surface area contributed by atoms with Crippen LogP contribution in [0.4, 0.5) is 0 Å². The van der Waals surface area contributed by atoms with Crippen LogP contribution in [0.25, 0.3) is 0 Å². The third-order valence-electron chi connectivity index (χ3n) is 7.44. The Morgan fingerprint density at radius 1 is 1.27 bits per heavy atom. The molecule has 0 aromatic carbocycles. The lowest BCUT2D eigenvalue weighted by molar-refractivity contribution is -0.288. The van der Waals surface area contributed by atoms with Gasteiger partial charge in [0.15, 0.2) is 0 Å². The lowest BCUT2D eigenvalue weighted by atomic mass is 9.56. The Hall–Kier alpha value is -1.29. The molecule has 0 spiro atoms. The smallest absolute Gasteiger partial charge is 0.228 e. The molecule has 30 heavy (non-hydrogen) atoms. The topological polar surface area (TPSA) is 137 Å². The number of aliphatic hydroxyl groups is 5. The van der Waals surface area contributed by atoms with Gasteiger partial charge in [-0.2, -0.15) is 0 Å². The van der Waals surface area contributed by atoms with Gasteiger partial charge in [-0.05, 0) is 42.1 Å². The maximum absolute atomic E-state index is 12.4. The van der Waals surface area contributed by atoms with Crippen LogP contribution in [0.2, 0.25) is 0 Å². The molecule has 0 amide bonds. The summed E-state index contributed by atoms with van der Waals surface area (Å²) < 4.78 is 11.0. The van der Waals surface area contributed by atoms with E-state index in [-0.39, 0.29) is 29.5 Å². The molecule has 11 atom stereocenters. The van der Waals surface area contributed by atoms with Gasteiger partial charge in [-0.25, -0.2) is 0 Å². The van der Waals surface area contributed by atoms with Crippen molar-refractivity contribution in [3.8, 4) is 0 Å². The second kappa shape index (κ2) is 8.68. The zero-order valence-corrected chi connectivity index (χ0v) is 17.7. The Bertz CT molecular complexity index is 691. The summed E-state index contributed by atoms with van der Waals surface area (Å²) in [6.07, 6.45) is -3.25. The van der Waals surface area contributed by atoms with Crippen molar-refractivity contribution in [2.75, 3.05) is 6.61 Å². The quantitative estimate of drug-likeness (QED) is 0.309. The molecule has 1 saturated heterocycles. The van der Waals surface area contributed by atoms with Crippen LogP contribution in [0.3, 0.4) is 0 Å².